The second-order valence-corrected chi connectivity index (χ2v) is 7.61. The molecule has 2 amide bonds. The van der Waals surface area contributed by atoms with Crippen LogP contribution in [0.15, 0.2) is 42.5 Å². The molecular weight excluding hydrogens is 362 g/mol. The molecule has 154 valence electrons. The molecule has 5 nitrogen and oxygen atoms in total. The van der Waals surface area contributed by atoms with Gasteiger partial charge in [0.2, 0.25) is 11.8 Å². The van der Waals surface area contributed by atoms with Crippen molar-refractivity contribution < 1.29 is 9.59 Å². The van der Waals surface area contributed by atoms with Crippen LogP contribution in [0.3, 0.4) is 0 Å². The van der Waals surface area contributed by atoms with Gasteiger partial charge in [0.1, 0.15) is 0 Å². The van der Waals surface area contributed by atoms with Crippen molar-refractivity contribution in [2.24, 2.45) is 11.8 Å². The maximum Gasteiger partial charge on any atom is 0.228 e. The average Bonchev–Trinajstić information content (AvgIpc) is 3.52. The van der Waals surface area contributed by atoms with E-state index in [1.165, 1.54) is 0 Å². The van der Waals surface area contributed by atoms with E-state index in [9.17, 15) is 9.59 Å². The summed E-state index contributed by atoms with van der Waals surface area (Å²) < 4.78 is 0. The van der Waals surface area contributed by atoms with Crippen LogP contribution < -0.4 is 15.5 Å². The van der Waals surface area contributed by atoms with E-state index < -0.39 is 0 Å². The van der Waals surface area contributed by atoms with Gasteiger partial charge in [0, 0.05) is 30.2 Å². The molecular formula is C24H31N3O2. The second-order valence-electron chi connectivity index (χ2n) is 7.61. The van der Waals surface area contributed by atoms with Gasteiger partial charge in [-0.1, -0.05) is 25.1 Å². The Morgan fingerprint density at radius 1 is 0.931 bits per heavy atom. The standard InChI is InChI=1S/C24H31N3O2/c1-5-17-10-8-9-11-22(17)26-24(29)20-15-19(20)23(28)25-21-13-12-18(14-16(21)4)27(6-2)7-3/h8-14,19-20H,5-7,15H2,1-4H3,(H,25,28)(H,26,29). The number of nitrogens with zero attached hydrogens (tertiary/aromatic N) is 1. The summed E-state index contributed by atoms with van der Waals surface area (Å²) in [6, 6.07) is 13.9. The highest BCUT2D eigenvalue weighted by Crippen LogP contribution is 2.40. The molecule has 2 aromatic rings. The Labute approximate surface area is 173 Å². The van der Waals surface area contributed by atoms with Gasteiger partial charge < -0.3 is 15.5 Å². The quantitative estimate of drug-likeness (QED) is 0.688. The van der Waals surface area contributed by atoms with Gasteiger partial charge in [-0.15, -0.1) is 0 Å². The molecule has 1 aliphatic rings. The topological polar surface area (TPSA) is 61.4 Å². The first-order valence-corrected chi connectivity index (χ1v) is 10.5. The fraction of sp³-hybridized carbons (Fsp3) is 0.417. The molecule has 1 aliphatic carbocycles. The molecule has 0 saturated heterocycles. The van der Waals surface area contributed by atoms with E-state index in [4.69, 9.17) is 0 Å². The first kappa shape index (κ1) is 20.9. The van der Waals surface area contributed by atoms with Crippen molar-refractivity contribution in [1.29, 1.82) is 0 Å². The van der Waals surface area contributed by atoms with Crippen LogP contribution in [0.1, 0.15) is 38.3 Å². The molecule has 0 heterocycles. The van der Waals surface area contributed by atoms with Crippen LogP contribution in [0, 0.1) is 18.8 Å². The molecule has 2 N–H and O–H groups in total. The fourth-order valence-corrected chi connectivity index (χ4v) is 3.75. The second kappa shape index (κ2) is 9.12. The van der Waals surface area contributed by atoms with Gasteiger partial charge in [-0.3, -0.25) is 9.59 Å². The Morgan fingerprint density at radius 2 is 1.55 bits per heavy atom. The Morgan fingerprint density at radius 3 is 2.14 bits per heavy atom. The number of para-hydroxylation sites is 1. The van der Waals surface area contributed by atoms with Crippen LogP contribution in [0.4, 0.5) is 17.1 Å². The number of amides is 2. The third kappa shape index (κ3) is 4.78. The highest BCUT2D eigenvalue weighted by Gasteiger charge is 2.48. The molecule has 0 radical (unpaired) electrons. The molecule has 29 heavy (non-hydrogen) atoms. The molecule has 0 aromatic heterocycles. The minimum atomic E-state index is -0.259. The van der Waals surface area contributed by atoms with Gasteiger partial charge >= 0.3 is 0 Å². The summed E-state index contributed by atoms with van der Waals surface area (Å²) in [4.78, 5) is 27.5. The van der Waals surface area contributed by atoms with Crippen LogP contribution in [0.2, 0.25) is 0 Å². The summed E-state index contributed by atoms with van der Waals surface area (Å²) in [5.41, 5.74) is 4.94. The normalized spacial score (nSPS) is 17.5. The lowest BCUT2D eigenvalue weighted by atomic mass is 10.1. The third-order valence-corrected chi connectivity index (χ3v) is 5.72. The van der Waals surface area contributed by atoms with Gasteiger partial charge in [-0.05, 0) is 69.0 Å². The maximum atomic E-state index is 12.6. The van der Waals surface area contributed by atoms with Crippen LogP contribution >= 0.6 is 0 Å². The van der Waals surface area contributed by atoms with Crippen molar-refractivity contribution >= 4 is 28.9 Å². The third-order valence-electron chi connectivity index (χ3n) is 5.72. The first-order chi connectivity index (χ1) is 14.0. The number of rotatable bonds is 8. The molecule has 1 fully saturated rings. The van der Waals surface area contributed by atoms with E-state index in [-0.39, 0.29) is 23.7 Å². The van der Waals surface area contributed by atoms with Gasteiger partial charge in [-0.25, -0.2) is 0 Å². The summed E-state index contributed by atoms with van der Waals surface area (Å²) in [6.07, 6.45) is 1.45. The number of hydrogen-bond acceptors (Lipinski definition) is 3. The maximum absolute atomic E-state index is 12.6. The number of aryl methyl sites for hydroxylation is 2. The zero-order valence-electron chi connectivity index (χ0n) is 17.8. The number of nitrogens with one attached hydrogen (secondary N) is 2. The highest BCUT2D eigenvalue weighted by molar-refractivity contribution is 6.03. The molecule has 0 bridgehead atoms. The zero-order chi connectivity index (χ0) is 21.0. The molecule has 3 rings (SSSR count). The molecule has 5 heteroatoms. The number of hydrogen-bond donors (Lipinski definition) is 2. The van der Waals surface area contributed by atoms with E-state index in [0.29, 0.717) is 6.42 Å². The molecule has 1 saturated carbocycles. The molecule has 2 aromatic carbocycles. The number of carbonyl (C=O) groups is 2. The average molecular weight is 394 g/mol. The smallest absolute Gasteiger partial charge is 0.228 e. The lowest BCUT2D eigenvalue weighted by Crippen LogP contribution is -2.23. The Bertz CT molecular complexity index is 889. The minimum Gasteiger partial charge on any atom is -0.372 e. The Kier molecular flexibility index (Phi) is 6.57. The predicted molar refractivity (Wildman–Crippen MR) is 119 cm³/mol. The van der Waals surface area contributed by atoms with E-state index >= 15 is 0 Å². The van der Waals surface area contributed by atoms with Crippen molar-refractivity contribution in [1.82, 2.24) is 0 Å². The Hall–Kier alpha value is -2.82. The summed E-state index contributed by atoms with van der Waals surface area (Å²) in [5.74, 6) is -0.659. The predicted octanol–water partition coefficient (Wildman–Crippen LogP) is 4.62. The minimum absolute atomic E-state index is 0.0698. The van der Waals surface area contributed by atoms with Gasteiger partial charge in [-0.2, -0.15) is 0 Å². The van der Waals surface area contributed by atoms with Crippen LogP contribution in [-0.4, -0.2) is 24.9 Å². The lowest BCUT2D eigenvalue weighted by molar-refractivity contribution is -0.122. The van der Waals surface area contributed by atoms with Gasteiger partial charge in [0.25, 0.3) is 0 Å². The zero-order valence-corrected chi connectivity index (χ0v) is 17.8. The Balaban J connectivity index is 1.59. The molecule has 2 unspecified atom stereocenters. The summed E-state index contributed by atoms with van der Waals surface area (Å²) >= 11 is 0. The van der Waals surface area contributed by atoms with Crippen molar-refractivity contribution in [2.75, 3.05) is 28.6 Å². The van der Waals surface area contributed by atoms with Crippen molar-refractivity contribution in [3.63, 3.8) is 0 Å². The van der Waals surface area contributed by atoms with E-state index in [2.05, 4.69) is 42.4 Å². The van der Waals surface area contributed by atoms with Gasteiger partial charge in [0.15, 0.2) is 0 Å². The van der Waals surface area contributed by atoms with Crippen LogP contribution in [0.25, 0.3) is 0 Å². The summed E-state index contributed by atoms with van der Waals surface area (Å²) in [6.45, 7) is 10.2. The summed E-state index contributed by atoms with van der Waals surface area (Å²) in [5, 5.41) is 6.00. The van der Waals surface area contributed by atoms with Crippen molar-refractivity contribution in [3.05, 3.63) is 53.6 Å². The first-order valence-electron chi connectivity index (χ1n) is 10.5. The molecule has 0 spiro atoms. The molecule has 0 aliphatic heterocycles. The summed E-state index contributed by atoms with van der Waals surface area (Å²) in [7, 11) is 0. The monoisotopic (exact) mass is 393 g/mol. The van der Waals surface area contributed by atoms with Crippen LogP contribution in [0.5, 0.6) is 0 Å². The van der Waals surface area contributed by atoms with Crippen molar-refractivity contribution in [3.8, 4) is 0 Å². The van der Waals surface area contributed by atoms with Crippen LogP contribution in [-0.2, 0) is 16.0 Å². The largest absolute Gasteiger partial charge is 0.372 e. The number of carbonyl (C=O) groups excluding carboxylic acids is 2. The number of anilines is 3. The van der Waals surface area contributed by atoms with E-state index in [1.807, 2.05) is 43.3 Å². The van der Waals surface area contributed by atoms with Gasteiger partial charge in [0.05, 0.1) is 11.8 Å². The SMILES string of the molecule is CCc1ccccc1NC(=O)C1CC1C(=O)Nc1ccc(N(CC)CC)cc1C. The number of benzene rings is 2. The highest BCUT2D eigenvalue weighted by atomic mass is 16.2. The van der Waals surface area contributed by atoms with E-state index in [1.54, 1.807) is 0 Å². The molecule has 2 atom stereocenters. The van der Waals surface area contributed by atoms with E-state index in [0.717, 1.165) is 47.7 Å². The van der Waals surface area contributed by atoms with Crippen molar-refractivity contribution in [2.45, 2.75) is 40.5 Å². The lowest BCUT2D eigenvalue weighted by Gasteiger charge is -2.22. The fourth-order valence-electron chi connectivity index (χ4n) is 3.75.